The summed E-state index contributed by atoms with van der Waals surface area (Å²) in [4.78, 5) is 32.1. The number of rotatable bonds is 6. The Labute approximate surface area is 175 Å². The van der Waals surface area contributed by atoms with Gasteiger partial charge in [-0.05, 0) is 30.3 Å². The fraction of sp³-hybridized carbons (Fsp3) is 0.0952. The van der Waals surface area contributed by atoms with Crippen molar-refractivity contribution in [2.45, 2.75) is 11.8 Å². The number of nitrogens with one attached hydrogen (secondary N) is 3. The molecule has 3 N–H and O–H groups in total. The van der Waals surface area contributed by atoms with Gasteiger partial charge in [-0.3, -0.25) is 9.59 Å². The van der Waals surface area contributed by atoms with E-state index < -0.39 is 0 Å². The first-order valence-corrected chi connectivity index (χ1v) is 10.8. The highest BCUT2D eigenvalue weighted by molar-refractivity contribution is 8.00. The van der Waals surface area contributed by atoms with E-state index in [4.69, 9.17) is 0 Å². The smallest absolute Gasteiger partial charge is 0.236 e. The third kappa shape index (κ3) is 4.67. The minimum Gasteiger partial charge on any atom is -0.360 e. The van der Waals surface area contributed by atoms with Gasteiger partial charge >= 0.3 is 0 Å². The van der Waals surface area contributed by atoms with Gasteiger partial charge in [0, 0.05) is 45.5 Å². The van der Waals surface area contributed by atoms with Crippen LogP contribution in [0.5, 0.6) is 0 Å². The molecule has 0 fully saturated rings. The summed E-state index contributed by atoms with van der Waals surface area (Å²) in [7, 11) is 0. The molecule has 0 radical (unpaired) electrons. The average molecular weight is 423 g/mol. The number of aromatic amines is 1. The molecule has 0 aliphatic rings. The molecular weight excluding hydrogens is 404 g/mol. The zero-order valence-corrected chi connectivity index (χ0v) is 17.2. The van der Waals surface area contributed by atoms with Gasteiger partial charge in [-0.15, -0.1) is 23.1 Å². The van der Waals surface area contributed by atoms with Crippen LogP contribution in [0.2, 0.25) is 0 Å². The summed E-state index contributed by atoms with van der Waals surface area (Å²) in [6, 6.07) is 15.4. The molecule has 0 saturated carbocycles. The van der Waals surface area contributed by atoms with Crippen LogP contribution in [-0.4, -0.2) is 27.5 Å². The molecule has 4 rings (SSSR count). The van der Waals surface area contributed by atoms with Crippen molar-refractivity contribution in [1.82, 2.24) is 9.97 Å². The standard InChI is InChI=1S/C21H18N4O2S2/c1-13(26)23-14-6-8-15(9-7-14)28-12-20(27)25-21-24-19(11-29-21)17-10-22-18-5-3-2-4-16(17)18/h2-11,22H,12H2,1H3,(H,23,26)(H,24,25,27). The van der Waals surface area contributed by atoms with Crippen molar-refractivity contribution in [1.29, 1.82) is 0 Å². The predicted molar refractivity (Wildman–Crippen MR) is 120 cm³/mol. The van der Waals surface area contributed by atoms with Crippen molar-refractivity contribution in [2.24, 2.45) is 0 Å². The van der Waals surface area contributed by atoms with Gasteiger partial charge in [0.2, 0.25) is 11.8 Å². The summed E-state index contributed by atoms with van der Waals surface area (Å²) in [6.07, 6.45) is 1.94. The van der Waals surface area contributed by atoms with Gasteiger partial charge in [0.05, 0.1) is 11.4 Å². The number of aromatic nitrogens is 2. The summed E-state index contributed by atoms with van der Waals surface area (Å²) in [5.74, 6) is 0.0580. The van der Waals surface area contributed by atoms with Crippen molar-refractivity contribution >= 4 is 56.6 Å². The number of amides is 2. The first-order valence-electron chi connectivity index (χ1n) is 8.91. The fourth-order valence-electron chi connectivity index (χ4n) is 2.88. The molecule has 0 unspecified atom stereocenters. The van der Waals surface area contributed by atoms with E-state index in [1.54, 1.807) is 0 Å². The van der Waals surface area contributed by atoms with Crippen LogP contribution < -0.4 is 10.6 Å². The second kappa shape index (κ2) is 8.50. The Morgan fingerprint density at radius 1 is 1.10 bits per heavy atom. The fourth-order valence-corrected chi connectivity index (χ4v) is 4.31. The highest BCUT2D eigenvalue weighted by atomic mass is 32.2. The highest BCUT2D eigenvalue weighted by Crippen LogP contribution is 2.31. The first kappa shape index (κ1) is 19.2. The number of thiazole rings is 1. The van der Waals surface area contributed by atoms with Crippen molar-refractivity contribution in [2.75, 3.05) is 16.4 Å². The molecule has 146 valence electrons. The zero-order valence-electron chi connectivity index (χ0n) is 15.6. The lowest BCUT2D eigenvalue weighted by Crippen LogP contribution is -2.13. The van der Waals surface area contributed by atoms with E-state index in [1.165, 1.54) is 30.0 Å². The molecule has 2 amide bonds. The van der Waals surface area contributed by atoms with Gasteiger partial charge in [-0.25, -0.2) is 4.98 Å². The van der Waals surface area contributed by atoms with Crippen molar-refractivity contribution in [3.05, 3.63) is 60.1 Å². The lowest BCUT2D eigenvalue weighted by molar-refractivity contribution is -0.114. The summed E-state index contributed by atoms with van der Waals surface area (Å²) in [6.45, 7) is 1.47. The molecule has 0 atom stereocenters. The van der Waals surface area contributed by atoms with Crippen LogP contribution in [0.15, 0.2) is 65.0 Å². The van der Waals surface area contributed by atoms with E-state index in [-0.39, 0.29) is 17.6 Å². The summed E-state index contributed by atoms with van der Waals surface area (Å²) in [5, 5.41) is 9.21. The number of hydrogen-bond acceptors (Lipinski definition) is 5. The maximum absolute atomic E-state index is 12.3. The highest BCUT2D eigenvalue weighted by Gasteiger charge is 2.12. The van der Waals surface area contributed by atoms with E-state index >= 15 is 0 Å². The summed E-state index contributed by atoms with van der Waals surface area (Å²) >= 11 is 2.84. The summed E-state index contributed by atoms with van der Waals surface area (Å²) < 4.78 is 0. The van der Waals surface area contributed by atoms with E-state index in [2.05, 4.69) is 20.6 Å². The average Bonchev–Trinajstić information content (AvgIpc) is 3.33. The van der Waals surface area contributed by atoms with E-state index in [1.807, 2.05) is 60.1 Å². The molecule has 4 aromatic rings. The molecule has 2 aromatic carbocycles. The van der Waals surface area contributed by atoms with Crippen molar-refractivity contribution in [3.63, 3.8) is 0 Å². The molecule has 0 spiro atoms. The minimum absolute atomic E-state index is 0.110. The number of carbonyl (C=O) groups is 2. The third-order valence-electron chi connectivity index (χ3n) is 4.16. The maximum Gasteiger partial charge on any atom is 0.236 e. The molecular formula is C21H18N4O2S2. The van der Waals surface area contributed by atoms with Crippen LogP contribution >= 0.6 is 23.1 Å². The Kier molecular flexibility index (Phi) is 5.64. The molecule has 0 saturated heterocycles. The van der Waals surface area contributed by atoms with Crippen LogP contribution in [0.4, 0.5) is 10.8 Å². The number of hydrogen-bond donors (Lipinski definition) is 3. The summed E-state index contributed by atoms with van der Waals surface area (Å²) in [5.41, 5.74) is 3.65. The second-order valence-corrected chi connectivity index (χ2v) is 8.24. The Morgan fingerprint density at radius 3 is 2.69 bits per heavy atom. The Bertz CT molecular complexity index is 1160. The second-order valence-electron chi connectivity index (χ2n) is 6.33. The monoisotopic (exact) mass is 422 g/mol. The molecule has 29 heavy (non-hydrogen) atoms. The molecule has 6 nitrogen and oxygen atoms in total. The Morgan fingerprint density at radius 2 is 1.90 bits per heavy atom. The molecule has 0 bridgehead atoms. The molecule has 8 heteroatoms. The molecule has 2 aromatic heterocycles. The molecule has 2 heterocycles. The number of H-pyrrole nitrogens is 1. The topological polar surface area (TPSA) is 86.9 Å². The van der Waals surface area contributed by atoms with Gasteiger partial charge < -0.3 is 15.6 Å². The van der Waals surface area contributed by atoms with Gasteiger partial charge in [0.25, 0.3) is 0 Å². The Balaban J connectivity index is 1.35. The lowest BCUT2D eigenvalue weighted by atomic mass is 10.1. The number of para-hydroxylation sites is 1. The number of nitrogens with zero attached hydrogens (tertiary/aromatic N) is 1. The van der Waals surface area contributed by atoms with E-state index in [0.717, 1.165) is 32.7 Å². The number of thioether (sulfide) groups is 1. The van der Waals surface area contributed by atoms with Crippen molar-refractivity contribution in [3.8, 4) is 11.3 Å². The number of anilines is 2. The maximum atomic E-state index is 12.3. The first-order chi connectivity index (χ1) is 14.1. The van der Waals surface area contributed by atoms with Crippen LogP contribution in [0.3, 0.4) is 0 Å². The van der Waals surface area contributed by atoms with Crippen LogP contribution in [0.25, 0.3) is 22.2 Å². The number of carbonyl (C=O) groups excluding carboxylic acids is 2. The predicted octanol–water partition coefficient (Wildman–Crippen LogP) is 4.98. The van der Waals surface area contributed by atoms with Gasteiger partial charge in [0.15, 0.2) is 5.13 Å². The number of benzene rings is 2. The van der Waals surface area contributed by atoms with Gasteiger partial charge in [-0.1, -0.05) is 18.2 Å². The zero-order chi connectivity index (χ0) is 20.2. The number of fused-ring (bicyclic) bond motifs is 1. The van der Waals surface area contributed by atoms with Crippen LogP contribution in [-0.2, 0) is 9.59 Å². The molecule has 0 aliphatic carbocycles. The quantitative estimate of drug-likeness (QED) is 0.383. The Hall–Kier alpha value is -3.10. The van der Waals surface area contributed by atoms with Crippen LogP contribution in [0, 0.1) is 0 Å². The van der Waals surface area contributed by atoms with E-state index in [0.29, 0.717) is 5.13 Å². The van der Waals surface area contributed by atoms with Crippen molar-refractivity contribution < 1.29 is 9.59 Å². The van der Waals surface area contributed by atoms with Crippen LogP contribution in [0.1, 0.15) is 6.92 Å². The van der Waals surface area contributed by atoms with Gasteiger partial charge in [-0.2, -0.15) is 0 Å². The lowest BCUT2D eigenvalue weighted by Gasteiger charge is -2.05. The normalized spacial score (nSPS) is 10.8. The minimum atomic E-state index is -0.111. The van der Waals surface area contributed by atoms with Gasteiger partial charge in [0.1, 0.15) is 0 Å². The largest absolute Gasteiger partial charge is 0.360 e. The van der Waals surface area contributed by atoms with E-state index in [9.17, 15) is 9.59 Å². The molecule has 0 aliphatic heterocycles. The SMILES string of the molecule is CC(=O)Nc1ccc(SCC(=O)Nc2nc(-c3c[nH]c4ccccc34)cs2)cc1. The third-order valence-corrected chi connectivity index (χ3v) is 5.93.